The van der Waals surface area contributed by atoms with Crippen molar-refractivity contribution in [3.63, 3.8) is 0 Å². The van der Waals surface area contributed by atoms with Crippen LogP contribution in [0.15, 0.2) is 0 Å². The zero-order valence-corrected chi connectivity index (χ0v) is 10.2. The second kappa shape index (κ2) is 4.19. The molecule has 2 heterocycles. The summed E-state index contributed by atoms with van der Waals surface area (Å²) in [6.45, 7) is 3.86. The van der Waals surface area contributed by atoms with Crippen molar-refractivity contribution in [3.05, 3.63) is 0 Å². The second-order valence-corrected chi connectivity index (χ2v) is 5.61. The van der Waals surface area contributed by atoms with Gasteiger partial charge in [-0.25, -0.2) is 8.78 Å². The molecule has 0 amide bonds. The molecule has 0 spiro atoms. The molecule has 2 fully saturated rings. The van der Waals surface area contributed by atoms with Crippen molar-refractivity contribution >= 4 is 5.97 Å². The van der Waals surface area contributed by atoms with Crippen LogP contribution in [0.5, 0.6) is 0 Å². The van der Waals surface area contributed by atoms with Gasteiger partial charge in [0.2, 0.25) is 0 Å². The van der Waals surface area contributed by atoms with Gasteiger partial charge in [0.25, 0.3) is 5.92 Å². The quantitative estimate of drug-likeness (QED) is 0.832. The lowest BCUT2D eigenvalue weighted by Crippen LogP contribution is -2.50. The molecule has 0 aromatic carbocycles. The number of carbonyl (C=O) groups is 1. The minimum Gasteiger partial charge on any atom is -0.481 e. The maximum Gasteiger partial charge on any atom is 0.303 e. The third-order valence-electron chi connectivity index (χ3n) is 4.00. The van der Waals surface area contributed by atoms with Crippen LogP contribution in [0.3, 0.4) is 0 Å². The summed E-state index contributed by atoms with van der Waals surface area (Å²) in [5, 5.41) is 8.76. The number of piperidine rings is 1. The maximum atomic E-state index is 13.8. The molecule has 3 nitrogen and oxygen atoms in total. The topological polar surface area (TPSA) is 40.5 Å². The lowest BCUT2D eigenvalue weighted by atomic mass is 9.87. The second-order valence-electron chi connectivity index (χ2n) is 5.61. The molecular formula is C12H19F2NO2. The van der Waals surface area contributed by atoms with Gasteiger partial charge in [-0.1, -0.05) is 0 Å². The zero-order valence-electron chi connectivity index (χ0n) is 10.2. The standard InChI is InChI=1S/C12H19F2NO2/c1-7(2)15-9-3-8(5-11(16)17)4-10(15)12(13,14)6-9/h7-10H,3-6H2,1-2H3,(H,16,17)/t8-,9+,10-/m1/s1. The Bertz CT molecular complexity index is 320. The Morgan fingerprint density at radius 1 is 1.47 bits per heavy atom. The SMILES string of the molecule is CC(C)N1[C@H]2C[C@@H](CC(=O)O)C[C@@H]1C(F)(F)C2. The molecule has 0 radical (unpaired) electrons. The van der Waals surface area contributed by atoms with Crippen LogP contribution in [-0.4, -0.2) is 40.0 Å². The van der Waals surface area contributed by atoms with Gasteiger partial charge < -0.3 is 5.11 Å². The fourth-order valence-electron chi connectivity index (χ4n) is 3.52. The smallest absolute Gasteiger partial charge is 0.303 e. The van der Waals surface area contributed by atoms with Crippen LogP contribution in [0.2, 0.25) is 0 Å². The van der Waals surface area contributed by atoms with E-state index in [1.54, 1.807) is 0 Å². The van der Waals surface area contributed by atoms with Crippen molar-refractivity contribution in [2.75, 3.05) is 0 Å². The maximum absolute atomic E-state index is 13.8. The predicted molar refractivity (Wildman–Crippen MR) is 59.1 cm³/mol. The van der Waals surface area contributed by atoms with Crippen LogP contribution in [-0.2, 0) is 4.79 Å². The number of hydrogen-bond acceptors (Lipinski definition) is 2. The Labute approximate surface area is 99.8 Å². The third-order valence-corrected chi connectivity index (χ3v) is 4.00. The summed E-state index contributed by atoms with van der Waals surface area (Å²) in [5.74, 6) is -3.62. The van der Waals surface area contributed by atoms with E-state index in [1.807, 2.05) is 18.7 Å². The van der Waals surface area contributed by atoms with Crippen LogP contribution in [0.25, 0.3) is 0 Å². The molecule has 0 aromatic rings. The molecule has 0 unspecified atom stereocenters. The highest BCUT2D eigenvalue weighted by atomic mass is 19.3. The number of fused-ring (bicyclic) bond motifs is 2. The van der Waals surface area contributed by atoms with Crippen molar-refractivity contribution < 1.29 is 18.7 Å². The van der Waals surface area contributed by atoms with Gasteiger partial charge in [0.15, 0.2) is 0 Å². The molecule has 2 rings (SSSR count). The summed E-state index contributed by atoms with van der Waals surface area (Å²) in [6.07, 6.45) is 0.825. The van der Waals surface area contributed by atoms with Gasteiger partial charge >= 0.3 is 5.97 Å². The van der Waals surface area contributed by atoms with Crippen LogP contribution >= 0.6 is 0 Å². The average molecular weight is 247 g/mol. The van der Waals surface area contributed by atoms with Crippen molar-refractivity contribution in [1.82, 2.24) is 4.90 Å². The van der Waals surface area contributed by atoms with Crippen LogP contribution in [0, 0.1) is 5.92 Å². The fraction of sp³-hybridized carbons (Fsp3) is 0.917. The van der Waals surface area contributed by atoms with Crippen molar-refractivity contribution in [1.29, 1.82) is 0 Å². The number of aliphatic carboxylic acids is 1. The molecule has 5 heteroatoms. The van der Waals surface area contributed by atoms with Crippen molar-refractivity contribution in [3.8, 4) is 0 Å². The first-order valence-electron chi connectivity index (χ1n) is 6.18. The van der Waals surface area contributed by atoms with E-state index in [1.165, 1.54) is 0 Å². The van der Waals surface area contributed by atoms with Crippen molar-refractivity contribution in [2.24, 2.45) is 5.92 Å². The number of nitrogens with zero attached hydrogens (tertiary/aromatic N) is 1. The van der Waals surface area contributed by atoms with Gasteiger partial charge in [-0.2, -0.15) is 0 Å². The normalized spacial score (nSPS) is 36.4. The first-order chi connectivity index (χ1) is 7.81. The van der Waals surface area contributed by atoms with Crippen LogP contribution in [0.1, 0.15) is 39.5 Å². The fourth-order valence-corrected chi connectivity index (χ4v) is 3.52. The lowest BCUT2D eigenvalue weighted by molar-refractivity contribution is -0.139. The van der Waals surface area contributed by atoms with Gasteiger partial charge in [0.05, 0.1) is 6.04 Å². The summed E-state index contributed by atoms with van der Waals surface area (Å²) in [4.78, 5) is 12.6. The molecule has 17 heavy (non-hydrogen) atoms. The first kappa shape index (κ1) is 12.7. The molecule has 2 aliphatic rings. The molecule has 2 saturated heterocycles. The highest BCUT2D eigenvalue weighted by Gasteiger charge is 2.57. The Hall–Kier alpha value is -0.710. The molecule has 0 aliphatic carbocycles. The van der Waals surface area contributed by atoms with Crippen molar-refractivity contribution in [2.45, 2.75) is 63.6 Å². The number of carboxylic acid groups (broad SMARTS) is 1. The minimum atomic E-state index is -2.65. The van der Waals surface area contributed by atoms with Gasteiger partial charge in [-0.15, -0.1) is 0 Å². The number of hydrogen-bond donors (Lipinski definition) is 1. The highest BCUT2D eigenvalue weighted by Crippen LogP contribution is 2.48. The van der Waals surface area contributed by atoms with E-state index in [0.29, 0.717) is 12.8 Å². The Kier molecular flexibility index (Phi) is 3.14. The van der Waals surface area contributed by atoms with E-state index in [4.69, 9.17) is 5.11 Å². The number of rotatable bonds is 3. The highest BCUT2D eigenvalue weighted by molar-refractivity contribution is 5.67. The monoisotopic (exact) mass is 247 g/mol. The van der Waals surface area contributed by atoms with E-state index in [2.05, 4.69) is 0 Å². The van der Waals surface area contributed by atoms with Gasteiger partial charge in [-0.3, -0.25) is 9.69 Å². The Balaban J connectivity index is 2.14. The minimum absolute atomic E-state index is 0.0228. The van der Waals surface area contributed by atoms with Gasteiger partial charge in [-0.05, 0) is 32.6 Å². The number of halogens is 2. The number of alkyl halides is 2. The Morgan fingerprint density at radius 2 is 2.12 bits per heavy atom. The first-order valence-corrected chi connectivity index (χ1v) is 6.18. The summed E-state index contributed by atoms with van der Waals surface area (Å²) in [6, 6.07) is -0.803. The van der Waals surface area contributed by atoms with Crippen LogP contribution < -0.4 is 0 Å². The summed E-state index contributed by atoms with van der Waals surface area (Å²) in [5.41, 5.74) is 0. The summed E-state index contributed by atoms with van der Waals surface area (Å²) < 4.78 is 27.7. The van der Waals surface area contributed by atoms with E-state index in [-0.39, 0.29) is 30.8 Å². The van der Waals surface area contributed by atoms with E-state index in [0.717, 1.165) is 0 Å². The zero-order chi connectivity index (χ0) is 12.8. The summed E-state index contributed by atoms with van der Waals surface area (Å²) >= 11 is 0. The van der Waals surface area contributed by atoms with Gasteiger partial charge in [0.1, 0.15) is 0 Å². The summed E-state index contributed by atoms with van der Waals surface area (Å²) in [7, 11) is 0. The molecule has 98 valence electrons. The van der Waals surface area contributed by atoms with Gasteiger partial charge in [0, 0.05) is 24.9 Å². The molecule has 2 bridgehead atoms. The molecule has 3 atom stereocenters. The van der Waals surface area contributed by atoms with E-state index in [9.17, 15) is 13.6 Å². The third kappa shape index (κ3) is 2.30. The molecular weight excluding hydrogens is 228 g/mol. The predicted octanol–water partition coefficient (Wildman–Crippen LogP) is 2.36. The number of carboxylic acids is 1. The van der Waals surface area contributed by atoms with Crippen LogP contribution in [0.4, 0.5) is 8.78 Å². The van der Waals surface area contributed by atoms with E-state index >= 15 is 0 Å². The molecule has 2 aliphatic heterocycles. The molecule has 0 aromatic heterocycles. The molecule has 1 N–H and O–H groups in total. The van der Waals surface area contributed by atoms with E-state index < -0.39 is 17.9 Å². The largest absolute Gasteiger partial charge is 0.481 e. The lowest BCUT2D eigenvalue weighted by Gasteiger charge is -2.41. The Morgan fingerprint density at radius 3 is 2.59 bits per heavy atom. The molecule has 0 saturated carbocycles. The average Bonchev–Trinajstić information content (AvgIpc) is 2.29.